The number of anilines is 1. The molecule has 0 spiro atoms. The number of benzene rings is 2. The Morgan fingerprint density at radius 3 is 2.59 bits per heavy atom. The minimum atomic E-state index is -0.542. The first-order chi connectivity index (χ1) is 15.5. The molecular weight excluding hydrogens is 402 g/mol. The summed E-state index contributed by atoms with van der Waals surface area (Å²) >= 11 is 0. The normalized spacial score (nSPS) is 21.1. The standard InChI is InChI=1S/C26H33N3O3/c1-19-7-5-6-15-28(19)18-22-12-10-21(11-13-22)17-27-25(30)14-16-29-23-8-3-4-9-24(23)32-20(2)26(29)31/h3-4,8-13,19-20H,5-7,14-18H2,1-2H3,(H,27,30). The number of fused-ring (bicyclic) bond motifs is 1. The number of carbonyl (C=O) groups excluding carboxylic acids is 2. The second-order valence-corrected chi connectivity index (χ2v) is 8.88. The van der Waals surface area contributed by atoms with Gasteiger partial charge < -0.3 is 15.0 Å². The van der Waals surface area contributed by atoms with E-state index in [1.165, 1.54) is 31.4 Å². The van der Waals surface area contributed by atoms with E-state index in [0.29, 0.717) is 24.9 Å². The lowest BCUT2D eigenvalue weighted by atomic mass is 10.0. The summed E-state index contributed by atoms with van der Waals surface area (Å²) in [6.45, 7) is 7.04. The van der Waals surface area contributed by atoms with E-state index in [-0.39, 0.29) is 18.2 Å². The summed E-state index contributed by atoms with van der Waals surface area (Å²) in [6, 6.07) is 16.6. The zero-order valence-electron chi connectivity index (χ0n) is 19.0. The van der Waals surface area contributed by atoms with E-state index in [0.717, 1.165) is 17.8 Å². The molecule has 0 bridgehead atoms. The molecule has 2 unspecified atom stereocenters. The number of carbonyl (C=O) groups is 2. The van der Waals surface area contributed by atoms with E-state index in [2.05, 4.69) is 41.4 Å². The number of amides is 2. The highest BCUT2D eigenvalue weighted by molar-refractivity contribution is 6.00. The molecule has 2 aromatic rings. The van der Waals surface area contributed by atoms with Crippen LogP contribution in [0.25, 0.3) is 0 Å². The van der Waals surface area contributed by atoms with Crippen molar-refractivity contribution in [3.63, 3.8) is 0 Å². The average Bonchev–Trinajstić information content (AvgIpc) is 2.80. The molecule has 2 heterocycles. The smallest absolute Gasteiger partial charge is 0.267 e. The Labute approximate surface area is 190 Å². The number of hydrogen-bond donors (Lipinski definition) is 1. The van der Waals surface area contributed by atoms with Crippen LogP contribution in [0.5, 0.6) is 5.75 Å². The summed E-state index contributed by atoms with van der Waals surface area (Å²) in [5, 5.41) is 2.98. The molecule has 0 saturated carbocycles. The summed E-state index contributed by atoms with van der Waals surface area (Å²) in [7, 11) is 0. The number of hydrogen-bond acceptors (Lipinski definition) is 4. The molecule has 1 fully saturated rings. The zero-order valence-corrected chi connectivity index (χ0v) is 19.0. The maximum Gasteiger partial charge on any atom is 0.267 e. The van der Waals surface area contributed by atoms with E-state index in [1.54, 1.807) is 11.8 Å². The predicted molar refractivity (Wildman–Crippen MR) is 126 cm³/mol. The van der Waals surface area contributed by atoms with E-state index >= 15 is 0 Å². The minimum absolute atomic E-state index is 0.0688. The van der Waals surface area contributed by atoms with Gasteiger partial charge in [-0.25, -0.2) is 0 Å². The monoisotopic (exact) mass is 435 g/mol. The summed E-state index contributed by atoms with van der Waals surface area (Å²) in [5.74, 6) is 0.495. The maximum absolute atomic E-state index is 12.5. The topological polar surface area (TPSA) is 61.9 Å². The zero-order chi connectivity index (χ0) is 22.5. The first kappa shape index (κ1) is 22.3. The molecule has 4 rings (SSSR count). The quantitative estimate of drug-likeness (QED) is 0.717. The van der Waals surface area contributed by atoms with Crippen LogP contribution in [0, 0.1) is 0 Å². The fraction of sp³-hybridized carbons (Fsp3) is 0.462. The third-order valence-electron chi connectivity index (χ3n) is 6.47. The first-order valence-electron chi connectivity index (χ1n) is 11.7. The third kappa shape index (κ3) is 5.30. The van der Waals surface area contributed by atoms with Crippen LogP contribution in [0.3, 0.4) is 0 Å². The Kier molecular flexibility index (Phi) is 7.10. The van der Waals surface area contributed by atoms with Crippen LogP contribution in [0.1, 0.15) is 50.7 Å². The molecule has 2 aromatic carbocycles. The minimum Gasteiger partial charge on any atom is -0.479 e. The van der Waals surface area contributed by atoms with Gasteiger partial charge in [0, 0.05) is 32.1 Å². The van der Waals surface area contributed by atoms with Gasteiger partial charge >= 0.3 is 0 Å². The molecule has 0 aromatic heterocycles. The molecule has 1 saturated heterocycles. The van der Waals surface area contributed by atoms with Crippen LogP contribution in [0.15, 0.2) is 48.5 Å². The first-order valence-corrected chi connectivity index (χ1v) is 11.7. The van der Waals surface area contributed by atoms with Crippen molar-refractivity contribution in [3.8, 4) is 5.75 Å². The molecular formula is C26H33N3O3. The fourth-order valence-corrected chi connectivity index (χ4v) is 4.48. The predicted octanol–water partition coefficient (Wildman–Crippen LogP) is 3.88. The van der Waals surface area contributed by atoms with Crippen LogP contribution in [-0.4, -0.2) is 41.9 Å². The molecule has 170 valence electrons. The highest BCUT2D eigenvalue weighted by Gasteiger charge is 2.31. The number of piperidine rings is 1. The Hall–Kier alpha value is -2.86. The SMILES string of the molecule is CC1Oc2ccccc2N(CCC(=O)NCc2ccc(CN3CCCCC3C)cc2)C1=O. The van der Waals surface area contributed by atoms with Gasteiger partial charge in [-0.3, -0.25) is 14.5 Å². The summed E-state index contributed by atoms with van der Waals surface area (Å²) in [4.78, 5) is 29.2. The molecule has 32 heavy (non-hydrogen) atoms. The van der Waals surface area contributed by atoms with Crippen molar-refractivity contribution in [3.05, 3.63) is 59.7 Å². The van der Waals surface area contributed by atoms with Gasteiger partial charge in [0.1, 0.15) is 5.75 Å². The molecule has 1 N–H and O–H groups in total. The van der Waals surface area contributed by atoms with Crippen molar-refractivity contribution in [2.75, 3.05) is 18.0 Å². The van der Waals surface area contributed by atoms with E-state index in [1.807, 2.05) is 24.3 Å². The van der Waals surface area contributed by atoms with Gasteiger partial charge in [-0.2, -0.15) is 0 Å². The van der Waals surface area contributed by atoms with E-state index < -0.39 is 6.10 Å². The van der Waals surface area contributed by atoms with Gasteiger partial charge in [-0.1, -0.05) is 42.8 Å². The second-order valence-electron chi connectivity index (χ2n) is 8.88. The van der Waals surface area contributed by atoms with Gasteiger partial charge in [0.05, 0.1) is 5.69 Å². The summed E-state index contributed by atoms with van der Waals surface area (Å²) in [6.07, 6.45) is 3.61. The Bertz CT molecular complexity index is 944. The Balaban J connectivity index is 1.26. The average molecular weight is 436 g/mol. The van der Waals surface area contributed by atoms with Crippen LogP contribution >= 0.6 is 0 Å². The van der Waals surface area contributed by atoms with Gasteiger partial charge in [0.25, 0.3) is 5.91 Å². The van der Waals surface area contributed by atoms with Gasteiger partial charge in [-0.15, -0.1) is 0 Å². The lowest BCUT2D eigenvalue weighted by Crippen LogP contribution is -2.45. The van der Waals surface area contributed by atoms with Crippen molar-refractivity contribution >= 4 is 17.5 Å². The number of nitrogens with one attached hydrogen (secondary N) is 1. The lowest BCUT2D eigenvalue weighted by molar-refractivity contribution is -0.125. The molecule has 2 atom stereocenters. The summed E-state index contributed by atoms with van der Waals surface area (Å²) in [5.41, 5.74) is 3.12. The van der Waals surface area contributed by atoms with Crippen molar-refractivity contribution in [2.45, 2.75) is 64.8 Å². The number of nitrogens with zero attached hydrogens (tertiary/aromatic N) is 2. The molecule has 0 aliphatic carbocycles. The fourth-order valence-electron chi connectivity index (χ4n) is 4.48. The largest absolute Gasteiger partial charge is 0.479 e. The van der Waals surface area contributed by atoms with E-state index in [4.69, 9.17) is 4.74 Å². The van der Waals surface area contributed by atoms with Crippen LogP contribution in [0.4, 0.5) is 5.69 Å². The van der Waals surface area contributed by atoms with Gasteiger partial charge in [0.2, 0.25) is 5.91 Å². The number of para-hydroxylation sites is 2. The second kappa shape index (κ2) is 10.2. The lowest BCUT2D eigenvalue weighted by Gasteiger charge is -2.33. The number of rotatable bonds is 7. The number of ether oxygens (including phenoxy) is 1. The van der Waals surface area contributed by atoms with E-state index in [9.17, 15) is 9.59 Å². The van der Waals surface area contributed by atoms with Gasteiger partial charge in [-0.05, 0) is 56.5 Å². The molecule has 2 aliphatic heterocycles. The van der Waals surface area contributed by atoms with Crippen LogP contribution < -0.4 is 15.0 Å². The summed E-state index contributed by atoms with van der Waals surface area (Å²) < 4.78 is 5.65. The van der Waals surface area contributed by atoms with Crippen molar-refractivity contribution in [2.24, 2.45) is 0 Å². The molecule has 6 heteroatoms. The van der Waals surface area contributed by atoms with Crippen molar-refractivity contribution in [1.29, 1.82) is 0 Å². The van der Waals surface area contributed by atoms with Crippen molar-refractivity contribution in [1.82, 2.24) is 10.2 Å². The molecule has 6 nitrogen and oxygen atoms in total. The third-order valence-corrected chi connectivity index (χ3v) is 6.47. The molecule has 2 aliphatic rings. The van der Waals surface area contributed by atoms with Gasteiger partial charge in [0.15, 0.2) is 6.10 Å². The molecule has 0 radical (unpaired) electrons. The Morgan fingerprint density at radius 1 is 1.06 bits per heavy atom. The molecule has 2 amide bonds. The van der Waals surface area contributed by atoms with Crippen LogP contribution in [0.2, 0.25) is 0 Å². The highest BCUT2D eigenvalue weighted by atomic mass is 16.5. The Morgan fingerprint density at radius 2 is 1.81 bits per heavy atom. The highest BCUT2D eigenvalue weighted by Crippen LogP contribution is 2.33. The number of likely N-dealkylation sites (tertiary alicyclic amines) is 1. The maximum atomic E-state index is 12.5. The van der Waals surface area contributed by atoms with Crippen molar-refractivity contribution < 1.29 is 14.3 Å². The van der Waals surface area contributed by atoms with Crippen LogP contribution in [-0.2, 0) is 22.7 Å².